The van der Waals surface area contributed by atoms with Gasteiger partial charge >= 0.3 is 5.97 Å². The largest absolute Gasteiger partial charge is 0.481 e. The van der Waals surface area contributed by atoms with Crippen molar-refractivity contribution in [2.45, 2.75) is 19.8 Å². The van der Waals surface area contributed by atoms with Gasteiger partial charge in [0.25, 0.3) is 0 Å². The summed E-state index contributed by atoms with van der Waals surface area (Å²) in [6.07, 6.45) is 2.05. The molecule has 1 unspecified atom stereocenters. The Morgan fingerprint density at radius 1 is 1.54 bits per heavy atom. The van der Waals surface area contributed by atoms with Crippen LogP contribution in [-0.2, 0) is 9.53 Å². The third-order valence-corrected chi connectivity index (χ3v) is 1.82. The molecule has 0 radical (unpaired) electrons. The first-order valence-electron chi connectivity index (χ1n) is 4.61. The summed E-state index contributed by atoms with van der Waals surface area (Å²) in [5, 5.41) is 11.7. The maximum Gasteiger partial charge on any atom is 0.307 e. The van der Waals surface area contributed by atoms with Gasteiger partial charge in [-0.15, -0.1) is 0 Å². The van der Waals surface area contributed by atoms with Crippen LogP contribution in [0.15, 0.2) is 0 Å². The van der Waals surface area contributed by atoms with Crippen molar-refractivity contribution in [1.82, 2.24) is 5.32 Å². The van der Waals surface area contributed by atoms with Gasteiger partial charge in [0.1, 0.15) is 0 Å². The van der Waals surface area contributed by atoms with Crippen molar-refractivity contribution in [1.29, 1.82) is 0 Å². The van der Waals surface area contributed by atoms with Gasteiger partial charge in [-0.1, -0.05) is 6.92 Å². The number of carboxylic acids is 1. The lowest BCUT2D eigenvalue weighted by Crippen LogP contribution is -2.27. The van der Waals surface area contributed by atoms with E-state index in [0.717, 1.165) is 26.0 Å². The molecule has 2 N–H and O–H groups in total. The molecule has 4 heteroatoms. The Labute approximate surface area is 79.3 Å². The number of carbonyl (C=O) groups is 1. The SMILES string of the molecule is COCCCCNCC(C)C(=O)O. The van der Waals surface area contributed by atoms with E-state index in [1.54, 1.807) is 14.0 Å². The summed E-state index contributed by atoms with van der Waals surface area (Å²) in [4.78, 5) is 10.4. The molecule has 0 aliphatic heterocycles. The number of aliphatic carboxylic acids is 1. The molecule has 0 amide bonds. The number of methoxy groups -OCH3 is 1. The molecule has 0 aliphatic rings. The van der Waals surface area contributed by atoms with Crippen LogP contribution in [-0.4, -0.2) is 37.9 Å². The molecule has 78 valence electrons. The van der Waals surface area contributed by atoms with Crippen LogP contribution in [0.3, 0.4) is 0 Å². The molecule has 1 atom stereocenters. The van der Waals surface area contributed by atoms with Crippen LogP contribution in [0, 0.1) is 5.92 Å². The van der Waals surface area contributed by atoms with Gasteiger partial charge in [0.05, 0.1) is 5.92 Å². The van der Waals surface area contributed by atoms with Gasteiger partial charge in [0.2, 0.25) is 0 Å². The lowest BCUT2D eigenvalue weighted by atomic mass is 10.2. The molecule has 0 heterocycles. The lowest BCUT2D eigenvalue weighted by Gasteiger charge is -2.07. The quantitative estimate of drug-likeness (QED) is 0.552. The smallest absolute Gasteiger partial charge is 0.307 e. The van der Waals surface area contributed by atoms with E-state index in [0.29, 0.717) is 6.54 Å². The Hall–Kier alpha value is -0.610. The highest BCUT2D eigenvalue weighted by Gasteiger charge is 2.08. The fourth-order valence-corrected chi connectivity index (χ4v) is 0.902. The average molecular weight is 189 g/mol. The minimum absolute atomic E-state index is 0.303. The van der Waals surface area contributed by atoms with Gasteiger partial charge in [0.15, 0.2) is 0 Å². The topological polar surface area (TPSA) is 58.6 Å². The zero-order valence-electron chi connectivity index (χ0n) is 8.38. The van der Waals surface area contributed by atoms with Crippen molar-refractivity contribution < 1.29 is 14.6 Å². The molecule has 0 aromatic carbocycles. The van der Waals surface area contributed by atoms with E-state index in [-0.39, 0.29) is 5.92 Å². The molecule has 0 bridgehead atoms. The van der Waals surface area contributed by atoms with Crippen LogP contribution in [0.4, 0.5) is 0 Å². The van der Waals surface area contributed by atoms with E-state index in [1.807, 2.05) is 0 Å². The van der Waals surface area contributed by atoms with Gasteiger partial charge in [-0.05, 0) is 19.4 Å². The second-order valence-electron chi connectivity index (χ2n) is 3.14. The first kappa shape index (κ1) is 12.4. The van der Waals surface area contributed by atoms with E-state index < -0.39 is 5.97 Å². The second-order valence-corrected chi connectivity index (χ2v) is 3.14. The first-order valence-corrected chi connectivity index (χ1v) is 4.61. The summed E-state index contributed by atoms with van der Waals surface area (Å²) in [7, 11) is 1.68. The summed E-state index contributed by atoms with van der Waals surface area (Å²) < 4.78 is 4.89. The maximum absolute atomic E-state index is 10.4. The van der Waals surface area contributed by atoms with E-state index >= 15 is 0 Å². The predicted molar refractivity (Wildman–Crippen MR) is 50.8 cm³/mol. The highest BCUT2D eigenvalue weighted by atomic mass is 16.5. The number of rotatable bonds is 8. The van der Waals surface area contributed by atoms with Crippen LogP contribution in [0.1, 0.15) is 19.8 Å². The molecule has 0 saturated heterocycles. The minimum atomic E-state index is -0.746. The van der Waals surface area contributed by atoms with Crippen molar-refractivity contribution >= 4 is 5.97 Å². The number of nitrogens with one attached hydrogen (secondary N) is 1. The molecular formula is C9H19NO3. The summed E-state index contributed by atoms with van der Waals surface area (Å²) >= 11 is 0. The Bertz CT molecular complexity index is 139. The van der Waals surface area contributed by atoms with Crippen LogP contribution in [0.2, 0.25) is 0 Å². The number of ether oxygens (including phenoxy) is 1. The standard InChI is InChI=1S/C9H19NO3/c1-8(9(11)12)7-10-5-3-4-6-13-2/h8,10H,3-7H2,1-2H3,(H,11,12). The summed E-state index contributed by atoms with van der Waals surface area (Å²) in [5.74, 6) is -1.05. The van der Waals surface area contributed by atoms with Crippen LogP contribution in [0.5, 0.6) is 0 Å². The van der Waals surface area contributed by atoms with Crippen LogP contribution in [0.25, 0.3) is 0 Å². The predicted octanol–water partition coefficient (Wildman–Crippen LogP) is 0.723. The lowest BCUT2D eigenvalue weighted by molar-refractivity contribution is -0.140. The fraction of sp³-hybridized carbons (Fsp3) is 0.889. The molecule has 4 nitrogen and oxygen atoms in total. The van der Waals surface area contributed by atoms with Gasteiger partial charge in [-0.25, -0.2) is 0 Å². The number of hydrogen-bond acceptors (Lipinski definition) is 3. The average Bonchev–Trinajstić information content (AvgIpc) is 2.10. The van der Waals surface area contributed by atoms with E-state index in [4.69, 9.17) is 9.84 Å². The molecule has 0 aromatic rings. The van der Waals surface area contributed by atoms with Crippen molar-refractivity contribution in [2.24, 2.45) is 5.92 Å². The number of carboxylic acid groups (broad SMARTS) is 1. The Morgan fingerprint density at radius 3 is 2.77 bits per heavy atom. The molecule has 13 heavy (non-hydrogen) atoms. The monoisotopic (exact) mass is 189 g/mol. The Balaban J connectivity index is 3.11. The van der Waals surface area contributed by atoms with Gasteiger partial charge < -0.3 is 15.2 Å². The number of unbranched alkanes of at least 4 members (excludes halogenated alkanes) is 1. The van der Waals surface area contributed by atoms with E-state index in [9.17, 15) is 4.79 Å². The first-order chi connectivity index (χ1) is 6.18. The summed E-state index contributed by atoms with van der Waals surface area (Å²) in [5.41, 5.74) is 0. The zero-order valence-corrected chi connectivity index (χ0v) is 8.38. The normalized spacial score (nSPS) is 12.8. The number of hydrogen-bond donors (Lipinski definition) is 2. The Kier molecular flexibility index (Phi) is 7.63. The minimum Gasteiger partial charge on any atom is -0.481 e. The van der Waals surface area contributed by atoms with Crippen molar-refractivity contribution in [3.63, 3.8) is 0 Å². The molecule has 0 saturated carbocycles. The molecule has 0 fully saturated rings. The second kappa shape index (κ2) is 8.01. The maximum atomic E-state index is 10.4. The van der Waals surface area contributed by atoms with Gasteiger partial charge in [0, 0.05) is 20.3 Å². The van der Waals surface area contributed by atoms with Crippen molar-refractivity contribution in [2.75, 3.05) is 26.8 Å². The van der Waals surface area contributed by atoms with Crippen molar-refractivity contribution in [3.05, 3.63) is 0 Å². The molecule has 0 aromatic heterocycles. The fourth-order valence-electron chi connectivity index (χ4n) is 0.902. The molecule has 0 rings (SSSR count). The molecular weight excluding hydrogens is 170 g/mol. The van der Waals surface area contributed by atoms with E-state index in [1.165, 1.54) is 0 Å². The van der Waals surface area contributed by atoms with Crippen LogP contribution < -0.4 is 5.32 Å². The third kappa shape index (κ3) is 7.74. The summed E-state index contributed by atoms with van der Waals surface area (Å²) in [6.45, 7) is 3.88. The summed E-state index contributed by atoms with van der Waals surface area (Å²) in [6, 6.07) is 0. The van der Waals surface area contributed by atoms with Gasteiger partial charge in [-0.3, -0.25) is 4.79 Å². The highest BCUT2D eigenvalue weighted by Crippen LogP contribution is 1.92. The third-order valence-electron chi connectivity index (χ3n) is 1.82. The molecule has 0 spiro atoms. The Morgan fingerprint density at radius 2 is 2.23 bits per heavy atom. The molecule has 0 aliphatic carbocycles. The van der Waals surface area contributed by atoms with Crippen molar-refractivity contribution in [3.8, 4) is 0 Å². The zero-order chi connectivity index (χ0) is 10.1. The van der Waals surface area contributed by atoms with Gasteiger partial charge in [-0.2, -0.15) is 0 Å². The van der Waals surface area contributed by atoms with Crippen LogP contribution >= 0.6 is 0 Å². The van der Waals surface area contributed by atoms with E-state index in [2.05, 4.69) is 5.32 Å². The highest BCUT2D eigenvalue weighted by molar-refractivity contribution is 5.69.